The first-order valence-electron chi connectivity index (χ1n) is 8.94. The van der Waals surface area contributed by atoms with Gasteiger partial charge in [0, 0.05) is 5.69 Å². The fourth-order valence-corrected chi connectivity index (χ4v) is 3.11. The molecule has 0 aromatic heterocycles. The molecule has 0 radical (unpaired) electrons. The van der Waals surface area contributed by atoms with Gasteiger partial charge in [-0.15, -0.1) is 0 Å². The number of hydrogen-bond acceptors (Lipinski definition) is 8. The number of ether oxygens (including phenoxy) is 3. The highest BCUT2D eigenvalue weighted by Gasteiger charge is 2.38. The summed E-state index contributed by atoms with van der Waals surface area (Å²) in [7, 11) is 2.74. The zero-order valence-electron chi connectivity index (χ0n) is 16.5. The highest BCUT2D eigenvalue weighted by atomic mass is 16.6. The Kier molecular flexibility index (Phi) is 5.90. The van der Waals surface area contributed by atoms with Gasteiger partial charge in [-0.1, -0.05) is 12.1 Å². The minimum Gasteiger partial charge on any atom is -0.493 e. The lowest BCUT2D eigenvalue weighted by Crippen LogP contribution is -2.53. The van der Waals surface area contributed by atoms with Crippen molar-refractivity contribution >= 4 is 23.4 Å². The second-order valence-corrected chi connectivity index (χ2v) is 6.12. The Morgan fingerprint density at radius 3 is 2.53 bits per heavy atom. The van der Waals surface area contributed by atoms with Crippen molar-refractivity contribution in [1.82, 2.24) is 10.4 Å². The zero-order chi connectivity index (χ0) is 21.8. The molecule has 30 heavy (non-hydrogen) atoms. The van der Waals surface area contributed by atoms with Gasteiger partial charge in [0.2, 0.25) is 0 Å². The predicted molar refractivity (Wildman–Crippen MR) is 105 cm³/mol. The summed E-state index contributed by atoms with van der Waals surface area (Å²) in [5, 5.41) is 15.8. The summed E-state index contributed by atoms with van der Waals surface area (Å²) >= 11 is 0. The molecule has 3 rings (SSSR count). The third-order valence-corrected chi connectivity index (χ3v) is 4.44. The summed E-state index contributed by atoms with van der Waals surface area (Å²) in [4.78, 5) is 36.3. The fourth-order valence-electron chi connectivity index (χ4n) is 3.11. The van der Waals surface area contributed by atoms with Crippen molar-refractivity contribution in [3.63, 3.8) is 0 Å². The van der Waals surface area contributed by atoms with Crippen molar-refractivity contribution in [1.29, 1.82) is 0 Å². The largest absolute Gasteiger partial charge is 0.493 e. The number of methoxy groups -OCH3 is 2. The Balaban J connectivity index is 2.16. The first kappa shape index (κ1) is 20.7. The maximum absolute atomic E-state index is 13.1. The molecule has 2 N–H and O–H groups in total. The van der Waals surface area contributed by atoms with Crippen molar-refractivity contribution in [2.75, 3.05) is 26.1 Å². The van der Waals surface area contributed by atoms with E-state index >= 15 is 0 Å². The molecule has 11 nitrogen and oxygen atoms in total. The van der Waals surface area contributed by atoms with Gasteiger partial charge in [0.15, 0.2) is 17.7 Å². The molecule has 0 bridgehead atoms. The molecule has 2 amide bonds. The summed E-state index contributed by atoms with van der Waals surface area (Å²) in [5.41, 5.74) is 2.85. The predicted octanol–water partition coefficient (Wildman–Crippen LogP) is 2.84. The number of nitro benzene ring substituents is 1. The Bertz CT molecular complexity index is 995. The van der Waals surface area contributed by atoms with Gasteiger partial charge in [-0.25, -0.2) is 15.2 Å². The molecular weight excluding hydrogens is 396 g/mol. The summed E-state index contributed by atoms with van der Waals surface area (Å²) in [6, 6.07) is 9.20. The Morgan fingerprint density at radius 2 is 1.90 bits per heavy atom. The van der Waals surface area contributed by atoms with Crippen LogP contribution in [0.5, 0.6) is 11.5 Å². The van der Waals surface area contributed by atoms with Crippen LogP contribution in [0, 0.1) is 10.1 Å². The topological polar surface area (TPSA) is 132 Å². The van der Waals surface area contributed by atoms with Crippen LogP contribution in [0.15, 0.2) is 36.4 Å². The van der Waals surface area contributed by atoms with Gasteiger partial charge in [-0.05, 0) is 25.1 Å². The van der Waals surface area contributed by atoms with E-state index < -0.39 is 23.1 Å². The molecule has 1 aliphatic rings. The van der Waals surface area contributed by atoms with E-state index in [9.17, 15) is 19.7 Å². The van der Waals surface area contributed by atoms with E-state index in [-0.39, 0.29) is 34.9 Å². The molecule has 2 aromatic rings. The van der Waals surface area contributed by atoms with Gasteiger partial charge in [-0.2, -0.15) is 0 Å². The standard InChI is InChI=1S/C19H20N4O7/c1-4-30-19(25)21-22-17(20-13-8-6-5-7-11(13)18(22)24)12-9-15(28-2)16(29-3)10-14(12)23(26)27/h5-10,17,20H,4H2,1-3H3,(H,21,25)/t17-/m0/s1. The van der Waals surface area contributed by atoms with Crippen LogP contribution in [0.1, 0.15) is 29.0 Å². The monoisotopic (exact) mass is 416 g/mol. The van der Waals surface area contributed by atoms with Crippen LogP contribution in [-0.2, 0) is 4.74 Å². The van der Waals surface area contributed by atoms with Crippen LogP contribution in [0.2, 0.25) is 0 Å². The van der Waals surface area contributed by atoms with E-state index in [0.717, 1.165) is 5.01 Å². The average molecular weight is 416 g/mol. The number of nitrogens with one attached hydrogen (secondary N) is 2. The minimum atomic E-state index is -1.11. The van der Waals surface area contributed by atoms with Gasteiger partial charge in [-0.3, -0.25) is 14.9 Å². The zero-order valence-corrected chi connectivity index (χ0v) is 16.5. The van der Waals surface area contributed by atoms with Gasteiger partial charge < -0.3 is 19.5 Å². The average Bonchev–Trinajstić information content (AvgIpc) is 2.74. The van der Waals surface area contributed by atoms with Crippen molar-refractivity contribution in [3.05, 3.63) is 57.6 Å². The number of fused-ring (bicyclic) bond motifs is 1. The smallest absolute Gasteiger partial charge is 0.426 e. The van der Waals surface area contributed by atoms with E-state index in [1.165, 1.54) is 26.4 Å². The number of rotatable bonds is 6. The van der Waals surface area contributed by atoms with Crippen LogP contribution < -0.4 is 20.2 Å². The number of nitrogens with zero attached hydrogens (tertiary/aromatic N) is 2. The summed E-state index contributed by atoms with van der Waals surface area (Å²) in [5.74, 6) is -0.186. The number of carbonyl (C=O) groups excluding carboxylic acids is 2. The molecule has 0 saturated heterocycles. The fraction of sp³-hybridized carbons (Fsp3) is 0.263. The molecular formula is C19H20N4O7. The van der Waals surface area contributed by atoms with Crippen LogP contribution in [0.25, 0.3) is 0 Å². The van der Waals surface area contributed by atoms with E-state index in [2.05, 4.69) is 10.7 Å². The lowest BCUT2D eigenvalue weighted by molar-refractivity contribution is -0.386. The van der Waals surface area contributed by atoms with Crippen molar-refractivity contribution in [2.24, 2.45) is 0 Å². The Labute approximate surface area is 171 Å². The molecule has 0 spiro atoms. The maximum Gasteiger partial charge on any atom is 0.426 e. The maximum atomic E-state index is 13.1. The highest BCUT2D eigenvalue weighted by molar-refractivity contribution is 6.02. The van der Waals surface area contributed by atoms with E-state index in [0.29, 0.717) is 5.69 Å². The number of hydrogen-bond donors (Lipinski definition) is 2. The molecule has 1 atom stereocenters. The van der Waals surface area contributed by atoms with E-state index in [1.807, 2.05) is 0 Å². The van der Waals surface area contributed by atoms with Gasteiger partial charge in [0.25, 0.3) is 11.6 Å². The number of amides is 2. The first-order chi connectivity index (χ1) is 14.4. The number of nitro groups is 1. The third kappa shape index (κ3) is 3.77. The number of anilines is 1. The summed E-state index contributed by atoms with van der Waals surface area (Å²) in [6.45, 7) is 1.70. The second-order valence-electron chi connectivity index (χ2n) is 6.12. The highest BCUT2D eigenvalue weighted by Crippen LogP contribution is 2.41. The molecule has 11 heteroatoms. The number of para-hydroxylation sites is 1. The van der Waals surface area contributed by atoms with Gasteiger partial charge >= 0.3 is 6.09 Å². The molecule has 1 aliphatic heterocycles. The summed E-state index contributed by atoms with van der Waals surface area (Å²) < 4.78 is 15.3. The quantitative estimate of drug-likeness (QED) is 0.543. The van der Waals surface area contributed by atoms with Crippen LogP contribution in [0.3, 0.4) is 0 Å². The van der Waals surface area contributed by atoms with Gasteiger partial charge in [0.1, 0.15) is 0 Å². The minimum absolute atomic E-state index is 0.0808. The number of hydrazine groups is 1. The summed E-state index contributed by atoms with van der Waals surface area (Å²) in [6.07, 6.45) is -1.99. The van der Waals surface area contributed by atoms with Crippen molar-refractivity contribution < 1.29 is 28.7 Å². The lowest BCUT2D eigenvalue weighted by atomic mass is 10.0. The van der Waals surface area contributed by atoms with Crippen LogP contribution >= 0.6 is 0 Å². The lowest BCUT2D eigenvalue weighted by Gasteiger charge is -2.37. The SMILES string of the molecule is CCOC(=O)NN1C(=O)c2ccccc2N[C@@H]1c1cc(OC)c(OC)cc1[N+](=O)[O-]. The van der Waals surface area contributed by atoms with Crippen LogP contribution in [-0.4, -0.2) is 42.8 Å². The molecule has 1 heterocycles. The molecule has 2 aromatic carbocycles. The first-order valence-corrected chi connectivity index (χ1v) is 8.94. The Hall–Kier alpha value is -4.02. The third-order valence-electron chi connectivity index (χ3n) is 4.44. The molecule has 0 unspecified atom stereocenters. The number of benzene rings is 2. The van der Waals surface area contributed by atoms with Crippen molar-refractivity contribution in [3.8, 4) is 11.5 Å². The van der Waals surface area contributed by atoms with Crippen LogP contribution in [0.4, 0.5) is 16.2 Å². The second kappa shape index (κ2) is 8.55. The van der Waals surface area contributed by atoms with Gasteiger partial charge in [0.05, 0.1) is 42.9 Å². The van der Waals surface area contributed by atoms with Crippen molar-refractivity contribution in [2.45, 2.75) is 13.1 Å². The Morgan fingerprint density at radius 1 is 1.23 bits per heavy atom. The number of carbonyl (C=O) groups is 2. The van der Waals surface area contributed by atoms with E-state index in [1.54, 1.807) is 31.2 Å². The van der Waals surface area contributed by atoms with E-state index in [4.69, 9.17) is 14.2 Å². The normalized spacial score (nSPS) is 15.0. The molecule has 0 fully saturated rings. The molecule has 0 saturated carbocycles. The molecule has 158 valence electrons. The molecule has 0 aliphatic carbocycles.